The van der Waals surface area contributed by atoms with E-state index in [0.717, 1.165) is 49.0 Å². The molecule has 1 aliphatic rings. The number of nitrogens with zero attached hydrogens (tertiary/aromatic N) is 1. The molecule has 202 valence electrons. The molecule has 0 radical (unpaired) electrons. The van der Waals surface area contributed by atoms with Crippen molar-refractivity contribution in [1.82, 2.24) is 9.29 Å². The summed E-state index contributed by atoms with van der Waals surface area (Å²) in [5.41, 5.74) is -1.56. The van der Waals surface area contributed by atoms with Crippen molar-refractivity contribution in [3.8, 4) is 11.3 Å². The summed E-state index contributed by atoms with van der Waals surface area (Å²) in [6.45, 7) is -0.266. The highest BCUT2D eigenvalue weighted by molar-refractivity contribution is 7.89. The van der Waals surface area contributed by atoms with E-state index in [-0.39, 0.29) is 27.8 Å². The minimum absolute atomic E-state index is 0.0693. The van der Waals surface area contributed by atoms with Gasteiger partial charge in [0.1, 0.15) is 11.4 Å². The number of halogens is 6. The lowest BCUT2D eigenvalue weighted by atomic mass is 9.89. The van der Waals surface area contributed by atoms with E-state index < -0.39 is 49.4 Å². The van der Waals surface area contributed by atoms with Crippen molar-refractivity contribution in [2.24, 2.45) is 11.1 Å². The second-order valence-corrected chi connectivity index (χ2v) is 12.1. The standard InChI is InChI=1S/C21H25F6N3O4S2/c1-13-19(35(28,31)32)10-17(30(13)11-14-5-3-2-4-6-14)15-7-8-18(16(9-15)21(25,26)27)36(33,34)29-12-20(22,23)24/h7-10,14,29H,2-6,11-12H2,1H3,(H2,28,31,32). The summed E-state index contributed by atoms with van der Waals surface area (Å²) in [4.78, 5) is -1.66. The number of hydrogen-bond donors (Lipinski definition) is 2. The molecule has 3 rings (SSSR count). The summed E-state index contributed by atoms with van der Waals surface area (Å²) in [5, 5.41) is 5.30. The van der Waals surface area contributed by atoms with Gasteiger partial charge in [-0.3, -0.25) is 0 Å². The summed E-state index contributed by atoms with van der Waals surface area (Å²) in [7, 11) is -9.41. The number of aromatic nitrogens is 1. The van der Waals surface area contributed by atoms with E-state index in [0.29, 0.717) is 18.7 Å². The monoisotopic (exact) mass is 561 g/mol. The number of primary sulfonamides is 1. The van der Waals surface area contributed by atoms with Crippen LogP contribution in [0.15, 0.2) is 34.1 Å². The molecule has 0 amide bonds. The minimum Gasteiger partial charge on any atom is -0.343 e. The first-order valence-corrected chi connectivity index (χ1v) is 13.9. The third kappa shape index (κ3) is 6.61. The highest BCUT2D eigenvalue weighted by atomic mass is 32.2. The molecule has 0 bridgehead atoms. The van der Waals surface area contributed by atoms with Gasteiger partial charge >= 0.3 is 12.4 Å². The van der Waals surface area contributed by atoms with Crippen LogP contribution in [-0.4, -0.2) is 34.1 Å². The highest BCUT2D eigenvalue weighted by Gasteiger charge is 2.39. The van der Waals surface area contributed by atoms with Gasteiger partial charge in [0.25, 0.3) is 0 Å². The Morgan fingerprint density at radius 2 is 1.58 bits per heavy atom. The van der Waals surface area contributed by atoms with Gasteiger partial charge in [-0.2, -0.15) is 26.3 Å². The molecule has 0 spiro atoms. The number of rotatable bonds is 7. The molecule has 0 aliphatic heterocycles. The van der Waals surface area contributed by atoms with Gasteiger partial charge in [-0.25, -0.2) is 26.7 Å². The Labute approximate surface area is 204 Å². The van der Waals surface area contributed by atoms with E-state index in [1.165, 1.54) is 6.92 Å². The van der Waals surface area contributed by atoms with Gasteiger partial charge in [0, 0.05) is 17.9 Å². The summed E-state index contributed by atoms with van der Waals surface area (Å²) in [5.74, 6) is 0.144. The van der Waals surface area contributed by atoms with E-state index in [2.05, 4.69) is 0 Å². The third-order valence-corrected chi connectivity index (χ3v) is 8.61. The van der Waals surface area contributed by atoms with Crippen molar-refractivity contribution < 1.29 is 43.2 Å². The number of nitrogens with two attached hydrogens (primary N) is 1. The molecule has 15 heteroatoms. The Morgan fingerprint density at radius 3 is 2.11 bits per heavy atom. The van der Waals surface area contributed by atoms with Crippen molar-refractivity contribution in [1.29, 1.82) is 0 Å². The first-order chi connectivity index (χ1) is 16.4. The molecule has 2 aromatic rings. The zero-order valence-corrected chi connectivity index (χ0v) is 20.7. The maximum Gasteiger partial charge on any atom is 0.417 e. The molecule has 7 nitrogen and oxygen atoms in total. The molecule has 0 unspecified atom stereocenters. The molecular formula is C21H25F6N3O4S2. The molecule has 1 aliphatic carbocycles. The smallest absolute Gasteiger partial charge is 0.343 e. The van der Waals surface area contributed by atoms with Crippen molar-refractivity contribution in [3.63, 3.8) is 0 Å². The van der Waals surface area contributed by atoms with Crippen molar-refractivity contribution in [2.45, 2.75) is 67.7 Å². The summed E-state index contributed by atoms with van der Waals surface area (Å²) >= 11 is 0. The van der Waals surface area contributed by atoms with Gasteiger partial charge in [0.05, 0.1) is 10.5 Å². The fourth-order valence-electron chi connectivity index (χ4n) is 4.41. The van der Waals surface area contributed by atoms with E-state index in [9.17, 15) is 43.2 Å². The molecule has 1 fully saturated rings. The Balaban J connectivity index is 2.16. The van der Waals surface area contributed by atoms with Crippen LogP contribution >= 0.6 is 0 Å². The lowest BCUT2D eigenvalue weighted by molar-refractivity contribution is -0.139. The topological polar surface area (TPSA) is 111 Å². The molecule has 1 aromatic carbocycles. The van der Waals surface area contributed by atoms with Crippen molar-refractivity contribution in [3.05, 3.63) is 35.5 Å². The number of nitrogens with one attached hydrogen (secondary N) is 1. The largest absolute Gasteiger partial charge is 0.417 e. The molecule has 1 aromatic heterocycles. The predicted octanol–water partition coefficient (Wildman–Crippen LogP) is 4.55. The molecular weight excluding hydrogens is 536 g/mol. The molecule has 0 saturated heterocycles. The fourth-order valence-corrected chi connectivity index (χ4v) is 6.43. The van der Waals surface area contributed by atoms with Crippen molar-refractivity contribution in [2.75, 3.05) is 6.54 Å². The zero-order chi connectivity index (χ0) is 27.1. The SMILES string of the molecule is Cc1c(S(N)(=O)=O)cc(-c2ccc(S(=O)(=O)NCC(F)(F)F)c(C(F)(F)F)c2)n1CC1CCCCC1. The lowest BCUT2D eigenvalue weighted by Gasteiger charge is -2.24. The Kier molecular flexibility index (Phi) is 7.90. The fraction of sp³-hybridized carbons (Fsp3) is 0.524. The lowest BCUT2D eigenvalue weighted by Crippen LogP contribution is -2.34. The van der Waals surface area contributed by atoms with Crippen LogP contribution in [0.1, 0.15) is 43.4 Å². The van der Waals surface area contributed by atoms with Crippen LogP contribution in [-0.2, 0) is 32.8 Å². The van der Waals surface area contributed by atoms with E-state index in [1.807, 2.05) is 0 Å². The Morgan fingerprint density at radius 1 is 0.972 bits per heavy atom. The van der Waals surface area contributed by atoms with E-state index in [1.54, 1.807) is 4.57 Å². The van der Waals surface area contributed by atoms with E-state index >= 15 is 0 Å². The van der Waals surface area contributed by atoms with Crippen LogP contribution in [0.2, 0.25) is 0 Å². The highest BCUT2D eigenvalue weighted by Crippen LogP contribution is 2.39. The summed E-state index contributed by atoms with van der Waals surface area (Å²) in [6, 6.07) is 3.16. The van der Waals surface area contributed by atoms with Gasteiger partial charge in [0.15, 0.2) is 0 Å². The van der Waals surface area contributed by atoms with Crippen LogP contribution in [0.25, 0.3) is 11.3 Å². The number of hydrogen-bond acceptors (Lipinski definition) is 4. The Bertz CT molecular complexity index is 1330. The minimum atomic E-state index is -5.24. The maximum absolute atomic E-state index is 13.9. The van der Waals surface area contributed by atoms with Gasteiger partial charge < -0.3 is 4.57 Å². The first kappa shape index (κ1) is 28.5. The summed E-state index contributed by atoms with van der Waals surface area (Å²) < 4.78 is 131. The number of alkyl halides is 6. The van der Waals surface area contributed by atoms with Gasteiger partial charge in [-0.1, -0.05) is 25.3 Å². The molecule has 1 saturated carbocycles. The number of benzene rings is 1. The third-order valence-electron chi connectivity index (χ3n) is 6.13. The van der Waals surface area contributed by atoms with Crippen LogP contribution in [0.4, 0.5) is 26.3 Å². The second kappa shape index (κ2) is 9.99. The van der Waals surface area contributed by atoms with Crippen LogP contribution in [0.3, 0.4) is 0 Å². The average Bonchev–Trinajstić information content (AvgIpc) is 3.08. The Hall–Kier alpha value is -2.10. The number of sulfonamides is 2. The zero-order valence-electron chi connectivity index (χ0n) is 19.1. The van der Waals surface area contributed by atoms with Crippen LogP contribution in [0.5, 0.6) is 0 Å². The van der Waals surface area contributed by atoms with E-state index in [4.69, 9.17) is 5.14 Å². The van der Waals surface area contributed by atoms with Crippen LogP contribution in [0, 0.1) is 12.8 Å². The van der Waals surface area contributed by atoms with Gasteiger partial charge in [-0.15, -0.1) is 0 Å². The summed E-state index contributed by atoms with van der Waals surface area (Å²) in [6.07, 6.45) is -5.57. The second-order valence-electron chi connectivity index (χ2n) is 8.79. The normalized spacial score (nSPS) is 16.4. The molecule has 3 N–H and O–H groups in total. The first-order valence-electron chi connectivity index (χ1n) is 10.9. The molecule has 1 heterocycles. The molecule has 0 atom stereocenters. The molecule has 36 heavy (non-hydrogen) atoms. The predicted molar refractivity (Wildman–Crippen MR) is 119 cm³/mol. The van der Waals surface area contributed by atoms with Crippen molar-refractivity contribution >= 4 is 20.0 Å². The quantitative estimate of drug-likeness (QED) is 0.483. The van der Waals surface area contributed by atoms with Gasteiger partial charge in [0.2, 0.25) is 20.0 Å². The average molecular weight is 562 g/mol. The van der Waals surface area contributed by atoms with Gasteiger partial charge in [-0.05, 0) is 49.4 Å². The van der Waals surface area contributed by atoms with Crippen LogP contribution < -0.4 is 9.86 Å². The maximum atomic E-state index is 13.9.